The summed E-state index contributed by atoms with van der Waals surface area (Å²) < 4.78 is 4.62. The smallest absolute Gasteiger partial charge is 0.348 e. The Morgan fingerprint density at radius 1 is 1.24 bits per heavy atom. The molecule has 0 aliphatic rings. The average Bonchev–Trinajstić information content (AvgIpc) is 2.96. The Hall–Kier alpha value is -1.85. The van der Waals surface area contributed by atoms with E-state index in [2.05, 4.69) is 10.1 Å². The molecule has 110 valence electrons. The molecule has 1 unspecified atom stereocenters. The van der Waals surface area contributed by atoms with Gasteiger partial charge in [0.05, 0.1) is 18.0 Å². The minimum atomic E-state index is -0.443. The monoisotopic (exact) mass is 323 g/mol. The van der Waals surface area contributed by atoms with E-state index in [0.29, 0.717) is 14.8 Å². The van der Waals surface area contributed by atoms with Crippen LogP contribution in [0.25, 0.3) is 0 Å². The van der Waals surface area contributed by atoms with E-state index in [4.69, 9.17) is 11.6 Å². The van der Waals surface area contributed by atoms with E-state index in [1.165, 1.54) is 7.11 Å². The molecule has 0 bridgehead atoms. The summed E-state index contributed by atoms with van der Waals surface area (Å²) in [7, 11) is 1.31. The fourth-order valence-electron chi connectivity index (χ4n) is 1.80. The summed E-state index contributed by atoms with van der Waals surface area (Å²) in [6.07, 6.45) is 0. The van der Waals surface area contributed by atoms with Crippen LogP contribution in [0.5, 0.6) is 0 Å². The maximum Gasteiger partial charge on any atom is 0.348 e. The van der Waals surface area contributed by atoms with E-state index in [0.717, 1.165) is 16.9 Å². The van der Waals surface area contributed by atoms with Crippen molar-refractivity contribution < 1.29 is 14.3 Å². The maximum absolute atomic E-state index is 12.2. The van der Waals surface area contributed by atoms with E-state index in [-0.39, 0.29) is 11.9 Å². The molecule has 6 heteroatoms. The van der Waals surface area contributed by atoms with Crippen LogP contribution in [-0.4, -0.2) is 19.0 Å². The second-order valence-corrected chi connectivity index (χ2v) is 5.93. The quantitative estimate of drug-likeness (QED) is 0.873. The highest BCUT2D eigenvalue weighted by Crippen LogP contribution is 2.20. The van der Waals surface area contributed by atoms with Gasteiger partial charge in [-0.15, -0.1) is 11.3 Å². The van der Waals surface area contributed by atoms with Gasteiger partial charge in [-0.1, -0.05) is 23.7 Å². The van der Waals surface area contributed by atoms with Crippen LogP contribution in [0.2, 0.25) is 5.02 Å². The van der Waals surface area contributed by atoms with Crippen molar-refractivity contribution in [2.45, 2.75) is 13.0 Å². The first-order valence-electron chi connectivity index (χ1n) is 6.25. The number of carbonyl (C=O) groups excluding carboxylic acids is 2. The number of esters is 1. The highest BCUT2D eigenvalue weighted by atomic mass is 35.5. The van der Waals surface area contributed by atoms with Gasteiger partial charge in [-0.25, -0.2) is 4.79 Å². The Morgan fingerprint density at radius 3 is 2.62 bits per heavy atom. The molecule has 0 spiro atoms. The van der Waals surface area contributed by atoms with Crippen molar-refractivity contribution in [3.8, 4) is 0 Å². The van der Waals surface area contributed by atoms with Crippen LogP contribution in [-0.2, 0) is 4.74 Å². The summed E-state index contributed by atoms with van der Waals surface area (Å²) in [6, 6.07) is 10.3. The molecule has 0 aliphatic heterocycles. The molecule has 0 aliphatic carbocycles. The molecule has 0 saturated carbocycles. The van der Waals surface area contributed by atoms with Crippen molar-refractivity contribution in [3.05, 3.63) is 56.7 Å². The third kappa shape index (κ3) is 3.83. The van der Waals surface area contributed by atoms with Crippen molar-refractivity contribution in [2.24, 2.45) is 0 Å². The van der Waals surface area contributed by atoms with Crippen LogP contribution >= 0.6 is 22.9 Å². The lowest BCUT2D eigenvalue weighted by molar-refractivity contribution is 0.0606. The van der Waals surface area contributed by atoms with E-state index >= 15 is 0 Å². The average molecular weight is 324 g/mol. The standard InChI is InChI=1S/C15H14ClNO3S/c1-9(10-4-3-5-11(16)8-10)17-14(18)12-6-7-13(21-12)15(19)20-2/h3-9H,1-2H3,(H,17,18). The molecule has 1 aromatic carbocycles. The molecule has 0 fully saturated rings. The van der Waals surface area contributed by atoms with Crippen LogP contribution in [0.4, 0.5) is 0 Å². The molecule has 1 atom stereocenters. The summed E-state index contributed by atoms with van der Waals surface area (Å²) >= 11 is 7.04. The zero-order chi connectivity index (χ0) is 15.4. The largest absolute Gasteiger partial charge is 0.465 e. The van der Waals surface area contributed by atoms with Gasteiger partial charge >= 0.3 is 5.97 Å². The fourth-order valence-corrected chi connectivity index (χ4v) is 2.82. The van der Waals surface area contributed by atoms with Gasteiger partial charge in [-0.3, -0.25) is 4.79 Å². The predicted octanol–water partition coefficient (Wildman–Crippen LogP) is 3.68. The summed E-state index contributed by atoms with van der Waals surface area (Å²) in [6.45, 7) is 1.87. The summed E-state index contributed by atoms with van der Waals surface area (Å²) in [4.78, 5) is 24.4. The number of methoxy groups -OCH3 is 1. The number of amides is 1. The minimum absolute atomic E-state index is 0.181. The van der Waals surface area contributed by atoms with Crippen LogP contribution in [0, 0.1) is 0 Å². The van der Waals surface area contributed by atoms with Crippen molar-refractivity contribution in [1.82, 2.24) is 5.32 Å². The van der Waals surface area contributed by atoms with Gasteiger partial charge in [0.1, 0.15) is 4.88 Å². The van der Waals surface area contributed by atoms with Gasteiger partial charge in [0.2, 0.25) is 0 Å². The zero-order valence-electron chi connectivity index (χ0n) is 11.6. The predicted molar refractivity (Wildman–Crippen MR) is 83.0 cm³/mol. The van der Waals surface area contributed by atoms with Crippen LogP contribution in [0.3, 0.4) is 0 Å². The second-order valence-electron chi connectivity index (χ2n) is 4.41. The number of ether oxygens (including phenoxy) is 1. The Kier molecular flexibility index (Phi) is 4.98. The first kappa shape index (κ1) is 15.5. The molecule has 1 amide bonds. The Balaban J connectivity index is 2.07. The number of nitrogens with one attached hydrogen (secondary N) is 1. The summed E-state index contributed by atoms with van der Waals surface area (Å²) in [5, 5.41) is 3.49. The van der Waals surface area contributed by atoms with Crippen LogP contribution in [0.15, 0.2) is 36.4 Å². The number of halogens is 1. The van der Waals surface area contributed by atoms with Gasteiger partial charge in [-0.2, -0.15) is 0 Å². The van der Waals surface area contributed by atoms with Crippen molar-refractivity contribution in [2.75, 3.05) is 7.11 Å². The topological polar surface area (TPSA) is 55.4 Å². The van der Waals surface area contributed by atoms with Gasteiger partial charge in [-0.05, 0) is 36.8 Å². The maximum atomic E-state index is 12.2. The zero-order valence-corrected chi connectivity index (χ0v) is 13.1. The van der Waals surface area contributed by atoms with Gasteiger partial charge in [0.25, 0.3) is 5.91 Å². The lowest BCUT2D eigenvalue weighted by Crippen LogP contribution is -2.25. The van der Waals surface area contributed by atoms with Gasteiger partial charge in [0.15, 0.2) is 0 Å². The second kappa shape index (κ2) is 6.74. The van der Waals surface area contributed by atoms with E-state index in [1.54, 1.807) is 24.3 Å². The molecule has 2 aromatic rings. The Bertz CT molecular complexity index is 668. The molecule has 2 rings (SSSR count). The minimum Gasteiger partial charge on any atom is -0.465 e. The molecule has 1 N–H and O–H groups in total. The lowest BCUT2D eigenvalue weighted by Gasteiger charge is -2.13. The van der Waals surface area contributed by atoms with Crippen LogP contribution < -0.4 is 5.32 Å². The van der Waals surface area contributed by atoms with Gasteiger partial charge < -0.3 is 10.1 Å². The Labute approximate surface area is 131 Å². The van der Waals surface area contributed by atoms with E-state index in [9.17, 15) is 9.59 Å². The number of rotatable bonds is 4. The van der Waals surface area contributed by atoms with E-state index in [1.807, 2.05) is 19.1 Å². The first-order valence-corrected chi connectivity index (χ1v) is 7.45. The van der Waals surface area contributed by atoms with Crippen molar-refractivity contribution >= 4 is 34.8 Å². The summed E-state index contributed by atoms with van der Waals surface area (Å²) in [5.74, 6) is -0.676. The molecule has 1 heterocycles. The Morgan fingerprint density at radius 2 is 1.95 bits per heavy atom. The number of thiophene rings is 1. The molecular formula is C15H14ClNO3S. The summed E-state index contributed by atoms with van der Waals surface area (Å²) in [5.41, 5.74) is 0.917. The molecule has 0 saturated heterocycles. The number of benzene rings is 1. The molecular weight excluding hydrogens is 310 g/mol. The number of hydrogen-bond acceptors (Lipinski definition) is 4. The molecule has 4 nitrogen and oxygen atoms in total. The van der Waals surface area contributed by atoms with Crippen LogP contribution in [0.1, 0.15) is 37.9 Å². The fraction of sp³-hybridized carbons (Fsp3) is 0.200. The number of hydrogen-bond donors (Lipinski definition) is 1. The first-order chi connectivity index (χ1) is 10.0. The molecule has 21 heavy (non-hydrogen) atoms. The molecule has 1 aromatic heterocycles. The van der Waals surface area contributed by atoms with Gasteiger partial charge in [0, 0.05) is 5.02 Å². The van der Waals surface area contributed by atoms with Crippen molar-refractivity contribution in [3.63, 3.8) is 0 Å². The molecule has 0 radical (unpaired) electrons. The highest BCUT2D eigenvalue weighted by Gasteiger charge is 2.16. The third-order valence-electron chi connectivity index (χ3n) is 2.91. The third-order valence-corrected chi connectivity index (χ3v) is 4.21. The highest BCUT2D eigenvalue weighted by molar-refractivity contribution is 7.15. The normalized spacial score (nSPS) is 11.8. The van der Waals surface area contributed by atoms with E-state index < -0.39 is 5.97 Å². The SMILES string of the molecule is COC(=O)c1ccc(C(=O)NC(C)c2cccc(Cl)c2)s1. The number of carbonyl (C=O) groups is 2. The van der Waals surface area contributed by atoms with Crippen molar-refractivity contribution in [1.29, 1.82) is 0 Å². The lowest BCUT2D eigenvalue weighted by atomic mass is 10.1.